The summed E-state index contributed by atoms with van der Waals surface area (Å²) in [6, 6.07) is 8.56. The van der Waals surface area contributed by atoms with Gasteiger partial charge in [0.15, 0.2) is 0 Å². The molecule has 33 heavy (non-hydrogen) atoms. The Morgan fingerprint density at radius 1 is 1.21 bits per heavy atom. The summed E-state index contributed by atoms with van der Waals surface area (Å²) in [5.41, 5.74) is 7.82. The summed E-state index contributed by atoms with van der Waals surface area (Å²) in [6.45, 7) is 6.32. The molecule has 2 N–H and O–H groups in total. The van der Waals surface area contributed by atoms with Crippen molar-refractivity contribution in [2.75, 3.05) is 13.7 Å². The third-order valence-electron chi connectivity index (χ3n) is 7.83. The van der Waals surface area contributed by atoms with E-state index >= 15 is 0 Å². The molecule has 3 aromatic rings. The van der Waals surface area contributed by atoms with Crippen LogP contribution in [-0.4, -0.2) is 34.6 Å². The van der Waals surface area contributed by atoms with E-state index in [1.165, 1.54) is 39.6 Å². The van der Waals surface area contributed by atoms with Crippen LogP contribution in [0.2, 0.25) is 0 Å². The Balaban J connectivity index is 1.57. The van der Waals surface area contributed by atoms with E-state index in [1.807, 2.05) is 12.3 Å². The Bertz CT molecular complexity index is 1200. The first kappa shape index (κ1) is 22.0. The first-order chi connectivity index (χ1) is 16.0. The summed E-state index contributed by atoms with van der Waals surface area (Å²) >= 11 is 0. The van der Waals surface area contributed by atoms with Crippen molar-refractivity contribution in [2.24, 2.45) is 5.92 Å². The van der Waals surface area contributed by atoms with Gasteiger partial charge in [-0.15, -0.1) is 0 Å². The molecule has 0 radical (unpaired) electrons. The normalized spacial score (nSPS) is 21.2. The topological polar surface area (TPSA) is 65.6 Å². The van der Waals surface area contributed by atoms with E-state index in [2.05, 4.69) is 41.9 Å². The zero-order chi connectivity index (χ0) is 23.1. The maximum Gasteiger partial charge on any atom is 0.335 e. The quantitative estimate of drug-likeness (QED) is 0.502. The predicted octanol–water partition coefficient (Wildman–Crippen LogP) is 6.04. The Hall–Kier alpha value is -2.79. The molecule has 1 aliphatic heterocycles. The number of rotatable bonds is 5. The van der Waals surface area contributed by atoms with Gasteiger partial charge in [-0.25, -0.2) is 4.79 Å². The fourth-order valence-corrected chi connectivity index (χ4v) is 6.10. The Morgan fingerprint density at radius 2 is 2.00 bits per heavy atom. The van der Waals surface area contributed by atoms with Gasteiger partial charge in [-0.3, -0.25) is 4.90 Å². The number of carboxylic acid groups (broad SMARTS) is 1. The number of carboxylic acids is 1. The highest BCUT2D eigenvalue weighted by Crippen LogP contribution is 2.41. The van der Waals surface area contributed by atoms with Crippen LogP contribution in [0, 0.1) is 12.8 Å². The molecule has 1 fully saturated rings. The van der Waals surface area contributed by atoms with Crippen molar-refractivity contribution in [1.82, 2.24) is 9.88 Å². The van der Waals surface area contributed by atoms with Gasteiger partial charge in [-0.05, 0) is 98.4 Å². The molecule has 2 heterocycles. The lowest BCUT2D eigenvalue weighted by molar-refractivity contribution is 0.0695. The van der Waals surface area contributed by atoms with Crippen molar-refractivity contribution in [3.8, 4) is 5.75 Å². The summed E-state index contributed by atoms with van der Waals surface area (Å²) in [5.74, 6) is 0.796. The molecule has 2 aliphatic rings. The molecule has 1 saturated heterocycles. The summed E-state index contributed by atoms with van der Waals surface area (Å²) in [7, 11) is 1.76. The van der Waals surface area contributed by atoms with Crippen molar-refractivity contribution < 1.29 is 14.6 Å². The molecule has 2 atom stereocenters. The zero-order valence-electron chi connectivity index (χ0n) is 19.9. The van der Waals surface area contributed by atoms with Gasteiger partial charge in [0, 0.05) is 35.2 Å². The minimum absolute atomic E-state index is 0.295. The van der Waals surface area contributed by atoms with Gasteiger partial charge in [0.1, 0.15) is 5.75 Å². The maximum absolute atomic E-state index is 11.9. The van der Waals surface area contributed by atoms with E-state index in [9.17, 15) is 9.90 Å². The van der Waals surface area contributed by atoms with Gasteiger partial charge in [0.2, 0.25) is 0 Å². The van der Waals surface area contributed by atoms with Gasteiger partial charge in [0.05, 0.1) is 12.7 Å². The third kappa shape index (κ3) is 3.93. The molecule has 0 amide bonds. The second-order valence-electron chi connectivity index (χ2n) is 9.93. The Kier molecular flexibility index (Phi) is 5.92. The average molecular weight is 447 g/mol. The van der Waals surface area contributed by atoms with Crippen molar-refractivity contribution >= 4 is 16.9 Å². The van der Waals surface area contributed by atoms with Gasteiger partial charge in [0.25, 0.3) is 0 Å². The van der Waals surface area contributed by atoms with E-state index < -0.39 is 5.97 Å². The zero-order valence-corrected chi connectivity index (χ0v) is 19.9. The highest BCUT2D eigenvalue weighted by atomic mass is 16.5. The molecular formula is C28H34N2O3. The smallest absolute Gasteiger partial charge is 0.335 e. The highest BCUT2D eigenvalue weighted by Gasteiger charge is 2.32. The number of hydrogen-bond donors (Lipinski definition) is 2. The van der Waals surface area contributed by atoms with E-state index in [4.69, 9.17) is 4.74 Å². The van der Waals surface area contributed by atoms with Crippen LogP contribution in [-0.2, 0) is 19.4 Å². The molecule has 1 aromatic heterocycles. The molecule has 5 heteroatoms. The number of fused-ring (bicyclic) bond motifs is 2. The number of hydrogen-bond acceptors (Lipinski definition) is 3. The largest absolute Gasteiger partial charge is 0.496 e. The van der Waals surface area contributed by atoms with Crippen LogP contribution in [0.4, 0.5) is 0 Å². The first-order valence-electron chi connectivity index (χ1n) is 12.2. The van der Waals surface area contributed by atoms with E-state index in [0.29, 0.717) is 17.5 Å². The number of likely N-dealkylation sites (tertiary alicyclic amines) is 1. The molecule has 5 nitrogen and oxygen atoms in total. The Labute approximate surface area is 195 Å². The van der Waals surface area contributed by atoms with Crippen LogP contribution in [0.5, 0.6) is 5.75 Å². The number of aryl methyl sites for hydroxylation is 1. The van der Waals surface area contributed by atoms with E-state index in [-0.39, 0.29) is 0 Å². The summed E-state index contributed by atoms with van der Waals surface area (Å²) in [5, 5.41) is 11.0. The maximum atomic E-state index is 11.9. The van der Waals surface area contributed by atoms with E-state index in [0.717, 1.165) is 56.5 Å². The molecular weight excluding hydrogens is 412 g/mol. The first-order valence-corrected chi connectivity index (χ1v) is 12.2. The lowest BCUT2D eigenvalue weighted by Gasteiger charge is -2.41. The molecule has 5 rings (SSSR count). The molecule has 0 unspecified atom stereocenters. The van der Waals surface area contributed by atoms with Crippen LogP contribution in [0.3, 0.4) is 0 Å². The highest BCUT2D eigenvalue weighted by molar-refractivity contribution is 5.90. The lowest BCUT2D eigenvalue weighted by atomic mass is 9.79. The number of carbonyl (C=O) groups is 1. The van der Waals surface area contributed by atoms with Gasteiger partial charge < -0.3 is 14.8 Å². The third-order valence-corrected chi connectivity index (χ3v) is 7.83. The summed E-state index contributed by atoms with van der Waals surface area (Å²) < 4.78 is 5.83. The number of nitrogens with one attached hydrogen (secondary N) is 1. The number of H-pyrrole nitrogens is 1. The van der Waals surface area contributed by atoms with Crippen LogP contribution in [0.1, 0.15) is 76.8 Å². The van der Waals surface area contributed by atoms with Crippen molar-refractivity contribution in [1.29, 1.82) is 0 Å². The molecule has 0 spiro atoms. The molecule has 2 aromatic carbocycles. The van der Waals surface area contributed by atoms with Crippen LogP contribution >= 0.6 is 0 Å². The van der Waals surface area contributed by atoms with Crippen molar-refractivity contribution in [2.45, 2.75) is 65.0 Å². The van der Waals surface area contributed by atoms with Crippen LogP contribution in [0.15, 0.2) is 30.5 Å². The predicted molar refractivity (Wildman–Crippen MR) is 131 cm³/mol. The molecule has 0 bridgehead atoms. The lowest BCUT2D eigenvalue weighted by Crippen LogP contribution is -2.36. The van der Waals surface area contributed by atoms with Crippen molar-refractivity contribution in [3.05, 3.63) is 63.8 Å². The van der Waals surface area contributed by atoms with Crippen LogP contribution in [0.25, 0.3) is 10.9 Å². The average Bonchev–Trinajstić information content (AvgIpc) is 3.31. The number of ether oxygens (including phenoxy) is 1. The molecule has 1 aliphatic carbocycles. The minimum Gasteiger partial charge on any atom is -0.496 e. The van der Waals surface area contributed by atoms with Gasteiger partial charge in [-0.1, -0.05) is 13.0 Å². The van der Waals surface area contributed by atoms with E-state index in [1.54, 1.807) is 7.11 Å². The Morgan fingerprint density at radius 3 is 2.76 bits per heavy atom. The van der Waals surface area contributed by atoms with Crippen molar-refractivity contribution in [3.63, 3.8) is 0 Å². The number of methoxy groups -OCH3 is 1. The SMILES string of the molecule is COc1cc(C)c2[nH]ccc2c1CN1CC[C@@H](C)C[C@@H]1c1ccc(C(=O)O)c2c1CCCC2. The fraction of sp³-hybridized carbons (Fsp3) is 0.464. The number of piperidine rings is 1. The number of aromatic carboxylic acids is 1. The van der Waals surface area contributed by atoms with Crippen LogP contribution < -0.4 is 4.74 Å². The molecule has 174 valence electrons. The second kappa shape index (κ2) is 8.86. The monoisotopic (exact) mass is 446 g/mol. The number of nitrogens with zero attached hydrogens (tertiary/aromatic N) is 1. The molecule has 0 saturated carbocycles. The summed E-state index contributed by atoms with van der Waals surface area (Å²) in [6.07, 6.45) is 8.37. The second-order valence-corrected chi connectivity index (χ2v) is 9.93. The summed E-state index contributed by atoms with van der Waals surface area (Å²) in [4.78, 5) is 17.9. The minimum atomic E-state index is -0.798. The number of aromatic nitrogens is 1. The standard InChI is InChI=1S/C28H34N2O3/c1-17-11-13-30(16-24-22-10-12-29-27(22)18(2)15-26(24)33-3)25(14-17)21-8-9-23(28(31)32)20-7-5-4-6-19(20)21/h8-10,12,15,17,25,29H,4-7,11,13-14,16H2,1-3H3,(H,31,32)/t17-,25-/m1/s1. The van der Waals surface area contributed by atoms with Gasteiger partial charge >= 0.3 is 5.97 Å². The van der Waals surface area contributed by atoms with Gasteiger partial charge in [-0.2, -0.15) is 0 Å². The number of aromatic amines is 1. The number of benzene rings is 2. The fourth-order valence-electron chi connectivity index (χ4n) is 6.10.